The van der Waals surface area contributed by atoms with Crippen LogP contribution >= 0.6 is 0 Å². The maximum atomic E-state index is 9.93. The normalized spacial score (nSPS) is 20.0. The van der Waals surface area contributed by atoms with Crippen LogP contribution in [0.15, 0.2) is 24.3 Å². The number of aryl methyl sites for hydroxylation is 1. The summed E-state index contributed by atoms with van der Waals surface area (Å²) in [6.45, 7) is 3.54. The van der Waals surface area contributed by atoms with Gasteiger partial charge in [-0.1, -0.05) is 12.1 Å². The topological polar surface area (TPSA) is 38.7 Å². The van der Waals surface area contributed by atoms with Crippen LogP contribution in [0.4, 0.5) is 0 Å². The molecule has 0 radical (unpaired) electrons. The Hall–Kier alpha value is -1.06. The smallest absolute Gasteiger partial charge is 0.119 e. The van der Waals surface area contributed by atoms with Crippen molar-refractivity contribution in [1.29, 1.82) is 0 Å². The Kier molecular flexibility index (Phi) is 6.34. The highest BCUT2D eigenvalue weighted by atomic mass is 16.5. The quantitative estimate of drug-likeness (QED) is 0.791. The molecule has 2 rings (SSSR count). The van der Waals surface area contributed by atoms with Crippen LogP contribution in [-0.2, 0) is 4.74 Å². The van der Waals surface area contributed by atoms with Gasteiger partial charge in [0.05, 0.1) is 18.8 Å². The van der Waals surface area contributed by atoms with Crippen LogP contribution in [-0.4, -0.2) is 30.5 Å². The van der Waals surface area contributed by atoms with E-state index in [0.29, 0.717) is 19.1 Å². The predicted octanol–water partition coefficient (Wildman–Crippen LogP) is 3.47. The minimum absolute atomic E-state index is 0.263. The van der Waals surface area contributed by atoms with E-state index in [2.05, 4.69) is 0 Å². The molecule has 3 heteroatoms. The Balaban J connectivity index is 1.54. The Labute approximate surface area is 121 Å². The lowest BCUT2D eigenvalue weighted by molar-refractivity contribution is 0.0900. The van der Waals surface area contributed by atoms with Gasteiger partial charge < -0.3 is 14.6 Å². The van der Waals surface area contributed by atoms with Gasteiger partial charge in [0.15, 0.2) is 0 Å². The van der Waals surface area contributed by atoms with Crippen molar-refractivity contribution in [3.63, 3.8) is 0 Å². The van der Waals surface area contributed by atoms with E-state index in [1.807, 2.05) is 31.2 Å². The van der Waals surface area contributed by atoms with Crippen LogP contribution in [0.25, 0.3) is 0 Å². The molecule has 1 aromatic rings. The average molecular weight is 278 g/mol. The van der Waals surface area contributed by atoms with Crippen LogP contribution < -0.4 is 4.74 Å². The molecule has 1 fully saturated rings. The third-order valence-electron chi connectivity index (χ3n) is 3.80. The molecule has 0 amide bonds. The molecule has 1 N–H and O–H groups in total. The Morgan fingerprint density at radius 2 is 2.30 bits per heavy atom. The summed E-state index contributed by atoms with van der Waals surface area (Å²) in [7, 11) is 0. The molecule has 0 aromatic heterocycles. The highest BCUT2D eigenvalue weighted by Gasteiger charge is 2.15. The number of ether oxygens (including phenoxy) is 2. The van der Waals surface area contributed by atoms with Crippen molar-refractivity contribution >= 4 is 0 Å². The summed E-state index contributed by atoms with van der Waals surface area (Å²) < 4.78 is 11.2. The van der Waals surface area contributed by atoms with Gasteiger partial charge in [0.1, 0.15) is 5.75 Å². The zero-order valence-electron chi connectivity index (χ0n) is 12.4. The molecular weight excluding hydrogens is 252 g/mol. The minimum atomic E-state index is -0.263. The highest BCUT2D eigenvalue weighted by molar-refractivity contribution is 5.27. The van der Waals surface area contributed by atoms with E-state index in [-0.39, 0.29) is 6.10 Å². The first-order valence-corrected chi connectivity index (χ1v) is 7.73. The molecule has 3 nitrogen and oxygen atoms in total. The van der Waals surface area contributed by atoms with Crippen LogP contribution in [0.5, 0.6) is 5.75 Å². The van der Waals surface area contributed by atoms with Crippen LogP contribution in [0.3, 0.4) is 0 Å². The first kappa shape index (κ1) is 15.3. The molecule has 2 unspecified atom stereocenters. The lowest BCUT2D eigenvalue weighted by atomic mass is 10.1. The lowest BCUT2D eigenvalue weighted by Crippen LogP contribution is -2.13. The summed E-state index contributed by atoms with van der Waals surface area (Å²) in [6, 6.07) is 8.01. The first-order chi connectivity index (χ1) is 9.74. The van der Waals surface area contributed by atoms with E-state index in [1.54, 1.807) is 0 Å². The maximum absolute atomic E-state index is 9.93. The molecule has 1 heterocycles. The molecule has 0 saturated carbocycles. The molecule has 1 saturated heterocycles. The fourth-order valence-electron chi connectivity index (χ4n) is 2.62. The summed E-state index contributed by atoms with van der Waals surface area (Å²) in [5, 5.41) is 9.93. The van der Waals surface area contributed by atoms with Gasteiger partial charge in [-0.15, -0.1) is 0 Å². The molecule has 0 bridgehead atoms. The number of hydrogen-bond donors (Lipinski definition) is 1. The van der Waals surface area contributed by atoms with Crippen LogP contribution in [0.1, 0.15) is 44.1 Å². The van der Waals surface area contributed by atoms with Gasteiger partial charge in [0.2, 0.25) is 0 Å². The van der Waals surface area contributed by atoms with Crippen LogP contribution in [0, 0.1) is 6.92 Å². The van der Waals surface area contributed by atoms with Crippen LogP contribution in [0.2, 0.25) is 0 Å². The zero-order chi connectivity index (χ0) is 14.2. The summed E-state index contributed by atoms with van der Waals surface area (Å²) in [6.07, 6.45) is 6.21. The third kappa shape index (κ3) is 5.51. The molecule has 1 aromatic carbocycles. The second-order valence-corrected chi connectivity index (χ2v) is 5.67. The molecule has 112 valence electrons. The zero-order valence-corrected chi connectivity index (χ0v) is 12.4. The van der Waals surface area contributed by atoms with E-state index >= 15 is 0 Å². The molecule has 2 atom stereocenters. The van der Waals surface area contributed by atoms with E-state index in [1.165, 1.54) is 18.4 Å². The van der Waals surface area contributed by atoms with E-state index in [0.717, 1.165) is 31.6 Å². The first-order valence-electron chi connectivity index (χ1n) is 7.73. The van der Waals surface area contributed by atoms with E-state index < -0.39 is 0 Å². The summed E-state index contributed by atoms with van der Waals surface area (Å²) in [5.41, 5.74) is 1.19. The maximum Gasteiger partial charge on any atom is 0.119 e. The van der Waals surface area contributed by atoms with Crippen molar-refractivity contribution in [2.24, 2.45) is 0 Å². The number of aliphatic hydroxyl groups is 1. The average Bonchev–Trinajstić information content (AvgIpc) is 2.92. The molecule has 0 spiro atoms. The summed E-state index contributed by atoms with van der Waals surface area (Å²) in [4.78, 5) is 0. The fraction of sp³-hybridized carbons (Fsp3) is 0.647. The Morgan fingerprint density at radius 1 is 1.40 bits per heavy atom. The van der Waals surface area contributed by atoms with Crippen molar-refractivity contribution < 1.29 is 14.6 Å². The van der Waals surface area contributed by atoms with Gasteiger partial charge in [-0.25, -0.2) is 0 Å². The Morgan fingerprint density at radius 3 is 3.05 bits per heavy atom. The minimum Gasteiger partial charge on any atom is -0.493 e. The predicted molar refractivity (Wildman–Crippen MR) is 80.1 cm³/mol. The molecule has 0 aliphatic carbocycles. The van der Waals surface area contributed by atoms with Gasteiger partial charge in [-0.05, 0) is 56.7 Å². The SMILES string of the molecule is Cc1cccc(OCCC(O)CCCC2CCCO2)c1. The van der Waals surface area contributed by atoms with Crippen molar-refractivity contribution in [2.75, 3.05) is 13.2 Å². The number of rotatable bonds is 8. The van der Waals surface area contributed by atoms with Crippen molar-refractivity contribution in [3.05, 3.63) is 29.8 Å². The van der Waals surface area contributed by atoms with Gasteiger partial charge in [-0.3, -0.25) is 0 Å². The highest BCUT2D eigenvalue weighted by Crippen LogP contribution is 2.19. The Bertz CT molecular complexity index is 386. The van der Waals surface area contributed by atoms with Crippen molar-refractivity contribution in [2.45, 2.75) is 57.7 Å². The van der Waals surface area contributed by atoms with Gasteiger partial charge in [0.25, 0.3) is 0 Å². The fourth-order valence-corrected chi connectivity index (χ4v) is 2.62. The van der Waals surface area contributed by atoms with Crippen molar-refractivity contribution in [3.8, 4) is 5.75 Å². The largest absolute Gasteiger partial charge is 0.493 e. The number of benzene rings is 1. The monoisotopic (exact) mass is 278 g/mol. The third-order valence-corrected chi connectivity index (χ3v) is 3.80. The standard InChI is InChI=1S/C17H26O3/c1-14-5-2-8-17(13-14)20-12-10-15(18)6-3-7-16-9-4-11-19-16/h2,5,8,13,15-16,18H,3-4,6-7,9-12H2,1H3. The van der Waals surface area contributed by atoms with E-state index in [9.17, 15) is 5.11 Å². The second kappa shape index (κ2) is 8.28. The summed E-state index contributed by atoms with van der Waals surface area (Å²) in [5.74, 6) is 0.886. The number of aliphatic hydroxyl groups excluding tert-OH is 1. The molecule has 20 heavy (non-hydrogen) atoms. The summed E-state index contributed by atoms with van der Waals surface area (Å²) >= 11 is 0. The second-order valence-electron chi connectivity index (χ2n) is 5.67. The molecular formula is C17H26O3. The van der Waals surface area contributed by atoms with E-state index in [4.69, 9.17) is 9.47 Å². The van der Waals surface area contributed by atoms with Gasteiger partial charge in [0, 0.05) is 13.0 Å². The lowest BCUT2D eigenvalue weighted by Gasteiger charge is -2.13. The number of hydrogen-bond acceptors (Lipinski definition) is 3. The molecule has 1 aliphatic heterocycles. The van der Waals surface area contributed by atoms with Gasteiger partial charge >= 0.3 is 0 Å². The van der Waals surface area contributed by atoms with Crippen molar-refractivity contribution in [1.82, 2.24) is 0 Å². The molecule has 1 aliphatic rings. The van der Waals surface area contributed by atoms with Gasteiger partial charge in [-0.2, -0.15) is 0 Å².